The summed E-state index contributed by atoms with van der Waals surface area (Å²) in [6.45, 7) is 11.9. The van der Waals surface area contributed by atoms with Gasteiger partial charge in [-0.05, 0) is 57.4 Å². The fourth-order valence-electron chi connectivity index (χ4n) is 6.66. The van der Waals surface area contributed by atoms with E-state index in [0.29, 0.717) is 12.8 Å². The normalized spacial score (nSPS) is 34.4. The van der Waals surface area contributed by atoms with Crippen molar-refractivity contribution in [1.29, 1.82) is 0 Å². The third kappa shape index (κ3) is 3.18. The van der Waals surface area contributed by atoms with Gasteiger partial charge in [0.25, 0.3) is 0 Å². The number of hydrogen-bond acceptors (Lipinski definition) is 5. The van der Waals surface area contributed by atoms with Gasteiger partial charge in [0.15, 0.2) is 6.10 Å². The van der Waals surface area contributed by atoms with Crippen molar-refractivity contribution < 1.29 is 22.7 Å². The van der Waals surface area contributed by atoms with Gasteiger partial charge in [0.1, 0.15) is 0 Å². The van der Waals surface area contributed by atoms with Crippen LogP contribution in [0.25, 0.3) is 0 Å². The monoisotopic (exact) mass is 449 g/mol. The van der Waals surface area contributed by atoms with Crippen LogP contribution in [-0.2, 0) is 24.3 Å². The van der Waals surface area contributed by atoms with Crippen molar-refractivity contribution >= 4 is 16.0 Å². The van der Waals surface area contributed by atoms with Crippen LogP contribution in [0.5, 0.6) is 0 Å². The predicted octanol–water partition coefficient (Wildman–Crippen LogP) is 4.27. The predicted molar refractivity (Wildman–Crippen MR) is 119 cm³/mol. The Balaban J connectivity index is 1.76. The fraction of sp³-hybridized carbons (Fsp3) is 0.708. The van der Waals surface area contributed by atoms with Gasteiger partial charge in [0.05, 0.1) is 11.2 Å². The van der Waals surface area contributed by atoms with Crippen molar-refractivity contribution in [2.75, 3.05) is 5.75 Å². The molecule has 4 rings (SSSR count). The average Bonchev–Trinajstić information content (AvgIpc) is 3.16. The smallest absolute Gasteiger partial charge is 0.342 e. The summed E-state index contributed by atoms with van der Waals surface area (Å²) >= 11 is 0. The van der Waals surface area contributed by atoms with Gasteiger partial charge in [0.2, 0.25) is 15.8 Å². The molecular formula is C24H35NO5S. The van der Waals surface area contributed by atoms with Crippen molar-refractivity contribution in [1.82, 2.24) is 4.31 Å². The third-order valence-corrected chi connectivity index (χ3v) is 10.4. The van der Waals surface area contributed by atoms with Crippen LogP contribution in [-0.4, -0.2) is 42.3 Å². The highest BCUT2D eigenvalue weighted by Crippen LogP contribution is 2.73. The van der Waals surface area contributed by atoms with Gasteiger partial charge in [-0.15, -0.1) is 0 Å². The lowest BCUT2D eigenvalue weighted by molar-refractivity contribution is -0.242. The van der Waals surface area contributed by atoms with Gasteiger partial charge >= 0.3 is 5.97 Å². The minimum Gasteiger partial charge on any atom is -0.430 e. The van der Waals surface area contributed by atoms with E-state index in [-0.39, 0.29) is 29.2 Å². The van der Waals surface area contributed by atoms with Crippen LogP contribution in [0.4, 0.5) is 0 Å². The van der Waals surface area contributed by atoms with Gasteiger partial charge in [-0.3, -0.25) is 0 Å². The first-order valence-electron chi connectivity index (χ1n) is 11.3. The number of carbonyl (C=O) groups excluding carboxylic acids is 1. The Morgan fingerprint density at radius 2 is 1.71 bits per heavy atom. The Labute approximate surface area is 186 Å². The van der Waals surface area contributed by atoms with E-state index in [9.17, 15) is 13.2 Å². The van der Waals surface area contributed by atoms with Crippen LogP contribution in [0, 0.1) is 16.7 Å². The van der Waals surface area contributed by atoms with Gasteiger partial charge in [-0.25, -0.2) is 13.2 Å². The molecule has 4 atom stereocenters. The summed E-state index contributed by atoms with van der Waals surface area (Å²) in [5.41, 5.74) is -0.370. The molecule has 0 radical (unpaired) electrons. The lowest BCUT2D eigenvalue weighted by Gasteiger charge is -2.47. The van der Waals surface area contributed by atoms with Gasteiger partial charge in [-0.1, -0.05) is 44.2 Å². The lowest BCUT2D eigenvalue weighted by Crippen LogP contribution is -2.57. The van der Waals surface area contributed by atoms with Gasteiger partial charge < -0.3 is 9.47 Å². The molecule has 1 aliphatic heterocycles. The molecule has 0 amide bonds. The SMILES string of the molecule is CC(C)N(C(C)C)S(=O)(=O)CC12CCC(CC13OC(=O)[C@@H](c1ccccc1)O3)C2(C)C. The molecule has 2 saturated carbocycles. The highest BCUT2D eigenvalue weighted by molar-refractivity contribution is 7.89. The first-order valence-corrected chi connectivity index (χ1v) is 12.9. The van der Waals surface area contributed by atoms with Crippen LogP contribution >= 0.6 is 0 Å². The number of carbonyl (C=O) groups is 1. The maximum absolute atomic E-state index is 13.7. The molecule has 3 fully saturated rings. The summed E-state index contributed by atoms with van der Waals surface area (Å²) in [6.07, 6.45) is 1.32. The van der Waals surface area contributed by atoms with E-state index in [0.717, 1.165) is 12.0 Å². The largest absolute Gasteiger partial charge is 0.430 e. The summed E-state index contributed by atoms with van der Waals surface area (Å²) in [5.74, 6) is -1.45. The topological polar surface area (TPSA) is 72.9 Å². The Bertz CT molecular complexity index is 949. The minimum absolute atomic E-state index is 0.0748. The molecule has 1 saturated heterocycles. The van der Waals surface area contributed by atoms with E-state index < -0.39 is 33.3 Å². The van der Waals surface area contributed by atoms with Crippen LogP contribution in [0.3, 0.4) is 0 Å². The van der Waals surface area contributed by atoms with Crippen LogP contribution in [0.2, 0.25) is 0 Å². The second-order valence-electron chi connectivity index (χ2n) is 10.6. The zero-order valence-corrected chi connectivity index (χ0v) is 20.2. The van der Waals surface area contributed by atoms with Crippen molar-refractivity contribution in [2.24, 2.45) is 16.7 Å². The lowest BCUT2D eigenvalue weighted by atomic mass is 9.68. The highest BCUT2D eigenvalue weighted by atomic mass is 32.2. The Morgan fingerprint density at radius 3 is 2.26 bits per heavy atom. The van der Waals surface area contributed by atoms with Gasteiger partial charge in [-0.2, -0.15) is 4.31 Å². The minimum atomic E-state index is -3.62. The van der Waals surface area contributed by atoms with Crippen LogP contribution in [0.15, 0.2) is 30.3 Å². The van der Waals surface area contributed by atoms with Gasteiger partial charge in [0, 0.05) is 18.5 Å². The molecule has 172 valence electrons. The molecule has 0 aromatic heterocycles. The first-order chi connectivity index (χ1) is 14.4. The molecule has 1 aromatic carbocycles. The number of nitrogens with zero attached hydrogens (tertiary/aromatic N) is 1. The maximum Gasteiger partial charge on any atom is 0.342 e. The number of esters is 1. The molecule has 2 bridgehead atoms. The van der Waals surface area contributed by atoms with Crippen molar-refractivity contribution in [3.63, 3.8) is 0 Å². The fourth-order valence-corrected chi connectivity index (χ4v) is 9.45. The molecule has 7 heteroatoms. The molecule has 1 aromatic rings. The Hall–Kier alpha value is -1.44. The number of ether oxygens (including phenoxy) is 2. The number of fused-ring (bicyclic) bond motifs is 3. The molecule has 6 nitrogen and oxygen atoms in total. The first kappa shape index (κ1) is 22.7. The number of hydrogen-bond donors (Lipinski definition) is 0. The summed E-state index contributed by atoms with van der Waals surface area (Å²) < 4.78 is 41.6. The van der Waals surface area contributed by atoms with E-state index in [4.69, 9.17) is 9.47 Å². The number of sulfonamides is 1. The Morgan fingerprint density at radius 1 is 1.10 bits per heavy atom. The van der Waals surface area contributed by atoms with E-state index in [1.54, 1.807) is 4.31 Å². The molecular weight excluding hydrogens is 414 g/mol. The molecule has 3 aliphatic rings. The second-order valence-corrected chi connectivity index (χ2v) is 12.5. The zero-order valence-electron chi connectivity index (χ0n) is 19.4. The van der Waals surface area contributed by atoms with Crippen molar-refractivity contribution in [3.8, 4) is 0 Å². The van der Waals surface area contributed by atoms with Crippen LogP contribution in [0.1, 0.15) is 72.5 Å². The maximum atomic E-state index is 13.7. The summed E-state index contributed by atoms with van der Waals surface area (Å²) in [7, 11) is -3.62. The molecule has 1 spiro atoms. The molecule has 2 aliphatic carbocycles. The van der Waals surface area contributed by atoms with Crippen molar-refractivity contribution in [2.45, 2.75) is 84.8 Å². The highest BCUT2D eigenvalue weighted by Gasteiger charge is 2.77. The second kappa shape index (κ2) is 7.29. The zero-order chi connectivity index (χ0) is 22.8. The number of rotatable bonds is 6. The molecule has 3 unspecified atom stereocenters. The third-order valence-electron chi connectivity index (χ3n) is 8.08. The summed E-state index contributed by atoms with van der Waals surface area (Å²) in [4.78, 5) is 13.0. The molecule has 0 N–H and O–H groups in total. The molecule has 1 heterocycles. The average molecular weight is 450 g/mol. The van der Waals surface area contributed by atoms with Crippen molar-refractivity contribution in [3.05, 3.63) is 35.9 Å². The van der Waals surface area contributed by atoms with E-state index in [1.165, 1.54) is 0 Å². The summed E-state index contributed by atoms with van der Waals surface area (Å²) in [5, 5.41) is 0. The Kier molecular flexibility index (Phi) is 5.35. The van der Waals surface area contributed by atoms with E-state index >= 15 is 0 Å². The van der Waals surface area contributed by atoms with Crippen LogP contribution < -0.4 is 0 Å². The number of benzene rings is 1. The summed E-state index contributed by atoms with van der Waals surface area (Å²) in [6, 6.07) is 9.03. The quantitative estimate of drug-likeness (QED) is 0.607. The molecule has 31 heavy (non-hydrogen) atoms. The van der Waals surface area contributed by atoms with E-state index in [1.807, 2.05) is 58.0 Å². The standard InChI is InChI=1S/C24H35NO5S/c1-16(2)25(17(3)4)31(27,28)15-23-13-12-19(22(23,5)6)14-24(23)29-20(21(26)30-24)18-10-8-7-9-11-18/h7-11,16-17,19-20H,12-15H2,1-6H3/t19?,20-,23?,24?/m1/s1. The van der Waals surface area contributed by atoms with E-state index in [2.05, 4.69) is 13.8 Å².